The highest BCUT2D eigenvalue weighted by atomic mass is 16.5. The number of aryl methyl sites for hydroxylation is 1. The van der Waals surface area contributed by atoms with Crippen LogP contribution in [0.1, 0.15) is 18.1 Å². The summed E-state index contributed by atoms with van der Waals surface area (Å²) in [7, 11) is 1.92. The van der Waals surface area contributed by atoms with Gasteiger partial charge < -0.3 is 10.5 Å². The van der Waals surface area contributed by atoms with E-state index in [1.165, 1.54) is 0 Å². The summed E-state index contributed by atoms with van der Waals surface area (Å²) in [6, 6.07) is 4.12. The molecule has 1 fully saturated rings. The lowest BCUT2D eigenvalue weighted by Crippen LogP contribution is -2.23. The predicted octanol–water partition coefficient (Wildman–Crippen LogP) is 1.27. The summed E-state index contributed by atoms with van der Waals surface area (Å²) in [5.74, 6) is 0. The van der Waals surface area contributed by atoms with Gasteiger partial charge in [-0.15, -0.1) is 0 Å². The second-order valence-electron chi connectivity index (χ2n) is 4.59. The van der Waals surface area contributed by atoms with Crippen LogP contribution in [0.15, 0.2) is 30.7 Å². The second-order valence-corrected chi connectivity index (χ2v) is 4.59. The molecule has 2 N–H and O–H groups in total. The van der Waals surface area contributed by atoms with Gasteiger partial charge in [0.05, 0.1) is 11.8 Å². The summed E-state index contributed by atoms with van der Waals surface area (Å²) in [6.45, 7) is 0.724. The number of nitrogens with zero attached hydrogens (tertiary/aromatic N) is 3. The fourth-order valence-corrected chi connectivity index (χ4v) is 2.36. The Labute approximate surface area is 106 Å². The summed E-state index contributed by atoms with van der Waals surface area (Å²) in [6.07, 6.45) is 6.31. The molecule has 5 nitrogen and oxygen atoms in total. The minimum Gasteiger partial charge on any atom is -0.372 e. The average molecular weight is 244 g/mol. The van der Waals surface area contributed by atoms with Crippen LogP contribution in [-0.2, 0) is 11.8 Å². The molecule has 3 rings (SSSR count). The van der Waals surface area contributed by atoms with Crippen molar-refractivity contribution < 1.29 is 4.74 Å². The van der Waals surface area contributed by atoms with Gasteiger partial charge in [0.2, 0.25) is 0 Å². The van der Waals surface area contributed by atoms with Gasteiger partial charge in [0.15, 0.2) is 0 Å². The Bertz CT molecular complexity index is 551. The van der Waals surface area contributed by atoms with Crippen LogP contribution in [0.25, 0.3) is 11.3 Å². The van der Waals surface area contributed by atoms with E-state index in [1.807, 2.05) is 30.2 Å². The maximum Gasteiger partial charge on any atom is 0.0991 e. The molecule has 1 aliphatic rings. The highest BCUT2D eigenvalue weighted by Gasteiger charge is 2.26. The molecule has 2 aromatic rings. The van der Waals surface area contributed by atoms with Gasteiger partial charge in [-0.25, -0.2) is 0 Å². The van der Waals surface area contributed by atoms with Crippen molar-refractivity contribution in [2.75, 3.05) is 6.61 Å². The summed E-state index contributed by atoms with van der Waals surface area (Å²) >= 11 is 0. The highest BCUT2D eigenvalue weighted by molar-refractivity contribution is 5.58. The molecular weight excluding hydrogens is 228 g/mol. The summed E-state index contributed by atoms with van der Waals surface area (Å²) < 4.78 is 7.50. The Morgan fingerprint density at radius 3 is 3.00 bits per heavy atom. The number of ether oxygens (including phenoxy) is 1. The molecule has 0 amide bonds. The summed E-state index contributed by atoms with van der Waals surface area (Å²) in [4.78, 5) is 4.28. The van der Waals surface area contributed by atoms with Crippen LogP contribution in [0.3, 0.4) is 0 Å². The number of hydrogen-bond acceptors (Lipinski definition) is 4. The normalized spacial score (nSPS) is 23.4. The van der Waals surface area contributed by atoms with Crippen molar-refractivity contribution in [3.05, 3.63) is 36.3 Å². The van der Waals surface area contributed by atoms with Crippen molar-refractivity contribution in [1.29, 1.82) is 0 Å². The first-order valence-electron chi connectivity index (χ1n) is 6.06. The first kappa shape index (κ1) is 11.4. The standard InChI is InChI=1S/C13H16N4O/c1-17-12(2-4-16-17)9-6-10(8-15-7-9)13-11(14)3-5-18-13/h2,4,6-8,11,13H,3,5,14H2,1H3. The fourth-order valence-electron chi connectivity index (χ4n) is 2.36. The van der Waals surface area contributed by atoms with E-state index in [0.717, 1.165) is 29.8 Å². The molecule has 18 heavy (non-hydrogen) atoms. The van der Waals surface area contributed by atoms with Crippen molar-refractivity contribution >= 4 is 0 Å². The molecule has 5 heteroatoms. The molecule has 1 saturated heterocycles. The third-order valence-corrected chi connectivity index (χ3v) is 3.34. The third-order valence-electron chi connectivity index (χ3n) is 3.34. The molecule has 1 aliphatic heterocycles. The SMILES string of the molecule is Cn1nccc1-c1cncc(C2OCCC2N)c1. The Balaban J connectivity index is 1.97. The van der Waals surface area contributed by atoms with Crippen molar-refractivity contribution in [3.8, 4) is 11.3 Å². The highest BCUT2D eigenvalue weighted by Crippen LogP contribution is 2.29. The van der Waals surface area contributed by atoms with Crippen LogP contribution in [0.2, 0.25) is 0 Å². The number of aromatic nitrogens is 3. The number of hydrogen-bond donors (Lipinski definition) is 1. The van der Waals surface area contributed by atoms with Gasteiger partial charge in [-0.3, -0.25) is 9.67 Å². The van der Waals surface area contributed by atoms with Crippen LogP contribution >= 0.6 is 0 Å². The molecule has 0 spiro atoms. The van der Waals surface area contributed by atoms with Crippen molar-refractivity contribution in [2.45, 2.75) is 18.6 Å². The lowest BCUT2D eigenvalue weighted by molar-refractivity contribution is 0.105. The first-order chi connectivity index (χ1) is 8.75. The summed E-state index contributed by atoms with van der Waals surface area (Å²) in [5.41, 5.74) is 9.15. The Hall–Kier alpha value is -1.72. The molecular formula is C13H16N4O. The maximum absolute atomic E-state index is 6.04. The number of pyridine rings is 1. The smallest absolute Gasteiger partial charge is 0.0991 e. The monoisotopic (exact) mass is 244 g/mol. The van der Waals surface area contributed by atoms with Crippen LogP contribution in [-0.4, -0.2) is 27.4 Å². The van der Waals surface area contributed by atoms with E-state index < -0.39 is 0 Å². The molecule has 0 radical (unpaired) electrons. The first-order valence-corrected chi connectivity index (χ1v) is 6.06. The fraction of sp³-hybridized carbons (Fsp3) is 0.385. The Kier molecular flexibility index (Phi) is 2.85. The van der Waals surface area contributed by atoms with Crippen molar-refractivity contribution in [3.63, 3.8) is 0 Å². The molecule has 2 unspecified atom stereocenters. The number of rotatable bonds is 2. The van der Waals surface area contributed by atoms with Gasteiger partial charge in [0.25, 0.3) is 0 Å². The molecule has 2 aromatic heterocycles. The van der Waals surface area contributed by atoms with Gasteiger partial charge in [0.1, 0.15) is 0 Å². The third kappa shape index (κ3) is 1.91. The topological polar surface area (TPSA) is 66.0 Å². The molecule has 0 aliphatic carbocycles. The predicted molar refractivity (Wildman–Crippen MR) is 67.7 cm³/mol. The molecule has 2 atom stereocenters. The quantitative estimate of drug-likeness (QED) is 0.864. The van der Waals surface area contributed by atoms with E-state index in [9.17, 15) is 0 Å². The summed E-state index contributed by atoms with van der Waals surface area (Å²) in [5, 5.41) is 4.17. The Morgan fingerprint density at radius 2 is 2.33 bits per heavy atom. The molecule has 0 aromatic carbocycles. The zero-order chi connectivity index (χ0) is 12.5. The molecule has 94 valence electrons. The zero-order valence-electron chi connectivity index (χ0n) is 10.3. The van der Waals surface area contributed by atoms with Gasteiger partial charge in [0, 0.05) is 49.4 Å². The van der Waals surface area contributed by atoms with E-state index in [4.69, 9.17) is 10.5 Å². The van der Waals surface area contributed by atoms with E-state index in [0.29, 0.717) is 0 Å². The minimum atomic E-state index is -0.0364. The van der Waals surface area contributed by atoms with Crippen LogP contribution in [0, 0.1) is 0 Å². The van der Waals surface area contributed by atoms with E-state index >= 15 is 0 Å². The zero-order valence-corrected chi connectivity index (χ0v) is 10.3. The van der Waals surface area contributed by atoms with Crippen molar-refractivity contribution in [2.24, 2.45) is 12.8 Å². The average Bonchev–Trinajstić information content (AvgIpc) is 2.98. The molecule has 0 bridgehead atoms. The van der Waals surface area contributed by atoms with Crippen LogP contribution in [0.4, 0.5) is 0 Å². The van der Waals surface area contributed by atoms with Crippen LogP contribution in [0.5, 0.6) is 0 Å². The lowest BCUT2D eigenvalue weighted by Gasteiger charge is -2.15. The molecule has 3 heterocycles. The van der Waals surface area contributed by atoms with E-state index in [2.05, 4.69) is 16.1 Å². The molecule has 0 saturated carbocycles. The van der Waals surface area contributed by atoms with Gasteiger partial charge >= 0.3 is 0 Å². The van der Waals surface area contributed by atoms with Crippen molar-refractivity contribution in [1.82, 2.24) is 14.8 Å². The largest absolute Gasteiger partial charge is 0.372 e. The van der Waals surface area contributed by atoms with E-state index in [-0.39, 0.29) is 12.1 Å². The van der Waals surface area contributed by atoms with Gasteiger partial charge in [-0.2, -0.15) is 5.10 Å². The van der Waals surface area contributed by atoms with Crippen LogP contribution < -0.4 is 5.73 Å². The minimum absolute atomic E-state index is 0.0364. The Morgan fingerprint density at radius 1 is 1.44 bits per heavy atom. The lowest BCUT2D eigenvalue weighted by atomic mass is 10.0. The van der Waals surface area contributed by atoms with E-state index in [1.54, 1.807) is 6.20 Å². The maximum atomic E-state index is 6.04. The van der Waals surface area contributed by atoms with Gasteiger partial charge in [-0.05, 0) is 18.6 Å². The second kappa shape index (κ2) is 4.51. The van der Waals surface area contributed by atoms with Gasteiger partial charge in [-0.1, -0.05) is 0 Å². The number of nitrogens with two attached hydrogens (primary N) is 1.